The molecule has 1 aromatic rings. The maximum atomic E-state index is 12.7. The van der Waals surface area contributed by atoms with Gasteiger partial charge in [0.25, 0.3) is 5.91 Å². The van der Waals surface area contributed by atoms with Crippen LogP contribution in [0, 0.1) is 0 Å². The Kier molecular flexibility index (Phi) is 6.62. The fourth-order valence-corrected chi connectivity index (χ4v) is 4.36. The number of methoxy groups -OCH3 is 1. The summed E-state index contributed by atoms with van der Waals surface area (Å²) in [5, 5.41) is 2.50. The summed E-state index contributed by atoms with van der Waals surface area (Å²) in [6.07, 6.45) is 7.34. The predicted molar refractivity (Wildman–Crippen MR) is 92.8 cm³/mol. The van der Waals surface area contributed by atoms with Crippen LogP contribution in [0.15, 0.2) is 23.1 Å². The molecule has 24 heavy (non-hydrogen) atoms. The van der Waals surface area contributed by atoms with Crippen LogP contribution in [0.3, 0.4) is 0 Å². The first-order chi connectivity index (χ1) is 11.5. The van der Waals surface area contributed by atoms with Gasteiger partial charge in [0.1, 0.15) is 5.75 Å². The van der Waals surface area contributed by atoms with Gasteiger partial charge < -0.3 is 10.1 Å². The summed E-state index contributed by atoms with van der Waals surface area (Å²) in [5.41, 5.74) is 0.209. The molecule has 1 amide bonds. The van der Waals surface area contributed by atoms with Crippen molar-refractivity contribution in [3.8, 4) is 5.75 Å². The molecule has 0 atom stereocenters. The second kappa shape index (κ2) is 8.48. The van der Waals surface area contributed by atoms with E-state index in [0.717, 1.165) is 38.5 Å². The van der Waals surface area contributed by atoms with Crippen LogP contribution in [0.2, 0.25) is 0 Å². The van der Waals surface area contributed by atoms with Crippen molar-refractivity contribution in [1.82, 2.24) is 10.0 Å². The standard InChI is InChI=1S/C17H26N2O4S/c1-18-17(20)15-12-14(10-11-16(15)23-2)24(21,22)19-13-8-6-4-3-5-7-9-13/h10-13,19H,3-9H2,1-2H3,(H,18,20). The summed E-state index contributed by atoms with van der Waals surface area (Å²) >= 11 is 0. The lowest BCUT2D eigenvalue weighted by molar-refractivity contribution is 0.0960. The molecule has 0 saturated heterocycles. The summed E-state index contributed by atoms with van der Waals surface area (Å²) in [7, 11) is -0.720. The van der Waals surface area contributed by atoms with Crippen LogP contribution in [0.25, 0.3) is 0 Å². The summed E-state index contributed by atoms with van der Waals surface area (Å²) < 4.78 is 33.3. The molecule has 0 bridgehead atoms. The molecule has 134 valence electrons. The summed E-state index contributed by atoms with van der Waals surface area (Å²) in [5.74, 6) is -0.0332. The van der Waals surface area contributed by atoms with E-state index < -0.39 is 10.0 Å². The lowest BCUT2D eigenvalue weighted by atomic mass is 9.97. The van der Waals surface area contributed by atoms with E-state index in [1.54, 1.807) is 0 Å². The minimum absolute atomic E-state index is 0.0409. The quantitative estimate of drug-likeness (QED) is 0.851. The minimum Gasteiger partial charge on any atom is -0.496 e. The highest BCUT2D eigenvalue weighted by Crippen LogP contribution is 2.24. The van der Waals surface area contributed by atoms with Crippen LogP contribution >= 0.6 is 0 Å². The average molecular weight is 354 g/mol. The average Bonchev–Trinajstić information content (AvgIpc) is 2.55. The smallest absolute Gasteiger partial charge is 0.254 e. The zero-order valence-corrected chi connectivity index (χ0v) is 15.1. The van der Waals surface area contributed by atoms with E-state index in [1.807, 2.05) is 0 Å². The highest BCUT2D eigenvalue weighted by Gasteiger charge is 2.23. The molecule has 0 unspecified atom stereocenters. The van der Waals surface area contributed by atoms with Crippen molar-refractivity contribution < 1.29 is 17.9 Å². The van der Waals surface area contributed by atoms with Gasteiger partial charge in [-0.1, -0.05) is 32.1 Å². The van der Waals surface area contributed by atoms with E-state index in [-0.39, 0.29) is 22.4 Å². The largest absolute Gasteiger partial charge is 0.496 e. The predicted octanol–water partition coefficient (Wildman–Crippen LogP) is 2.45. The number of nitrogens with one attached hydrogen (secondary N) is 2. The third kappa shape index (κ3) is 4.70. The van der Waals surface area contributed by atoms with Gasteiger partial charge in [-0.05, 0) is 31.0 Å². The summed E-state index contributed by atoms with van der Waals surface area (Å²) in [6, 6.07) is 4.30. The third-order valence-corrected chi connectivity index (χ3v) is 5.90. The van der Waals surface area contributed by atoms with E-state index in [9.17, 15) is 13.2 Å². The molecule has 1 aliphatic rings. The molecular weight excluding hydrogens is 328 g/mol. The molecular formula is C17H26N2O4S. The summed E-state index contributed by atoms with van der Waals surface area (Å²) in [4.78, 5) is 12.0. The second-order valence-corrected chi connectivity index (χ2v) is 7.82. The molecule has 0 radical (unpaired) electrons. The van der Waals surface area contributed by atoms with Gasteiger partial charge in [-0.3, -0.25) is 4.79 Å². The van der Waals surface area contributed by atoms with Gasteiger partial charge in [0.05, 0.1) is 17.6 Å². The first-order valence-corrected chi connectivity index (χ1v) is 9.88. The molecule has 1 aromatic carbocycles. The molecule has 2 rings (SSSR count). The molecule has 1 fully saturated rings. The van der Waals surface area contributed by atoms with Gasteiger partial charge in [-0.25, -0.2) is 13.1 Å². The van der Waals surface area contributed by atoms with Crippen LogP contribution in [0.5, 0.6) is 5.75 Å². The van der Waals surface area contributed by atoms with Crippen LogP contribution in [-0.2, 0) is 10.0 Å². The Hall–Kier alpha value is -1.60. The van der Waals surface area contributed by atoms with Gasteiger partial charge >= 0.3 is 0 Å². The first-order valence-electron chi connectivity index (χ1n) is 8.40. The SMILES string of the molecule is CNC(=O)c1cc(S(=O)(=O)NC2CCCCCCC2)ccc1OC. The van der Waals surface area contributed by atoms with Crippen LogP contribution in [-0.4, -0.2) is 34.5 Å². The van der Waals surface area contributed by atoms with Crippen molar-refractivity contribution in [3.63, 3.8) is 0 Å². The topological polar surface area (TPSA) is 84.5 Å². The highest BCUT2D eigenvalue weighted by molar-refractivity contribution is 7.89. The number of carbonyl (C=O) groups excluding carboxylic acids is 1. The highest BCUT2D eigenvalue weighted by atomic mass is 32.2. The zero-order valence-electron chi connectivity index (χ0n) is 14.3. The van der Waals surface area contributed by atoms with Crippen molar-refractivity contribution in [2.45, 2.75) is 55.9 Å². The Morgan fingerprint density at radius 1 is 1.12 bits per heavy atom. The van der Waals surface area contributed by atoms with Crippen LogP contribution in [0.4, 0.5) is 0 Å². The van der Waals surface area contributed by atoms with Gasteiger partial charge in [0.2, 0.25) is 10.0 Å². The number of carbonyl (C=O) groups is 1. The lowest BCUT2D eigenvalue weighted by Crippen LogP contribution is -2.35. The van der Waals surface area contributed by atoms with E-state index in [0.29, 0.717) is 5.75 Å². The Balaban J connectivity index is 2.23. The Morgan fingerprint density at radius 3 is 2.33 bits per heavy atom. The maximum Gasteiger partial charge on any atom is 0.254 e. The van der Waals surface area contributed by atoms with Gasteiger partial charge in [-0.15, -0.1) is 0 Å². The van der Waals surface area contributed by atoms with Crippen molar-refractivity contribution in [1.29, 1.82) is 0 Å². The first kappa shape index (κ1) is 18.7. The molecule has 7 heteroatoms. The van der Waals surface area contributed by atoms with Crippen molar-refractivity contribution in [2.24, 2.45) is 0 Å². The fraction of sp³-hybridized carbons (Fsp3) is 0.588. The number of rotatable bonds is 5. The number of amides is 1. The molecule has 6 nitrogen and oxygen atoms in total. The van der Waals surface area contributed by atoms with E-state index in [1.165, 1.54) is 38.8 Å². The molecule has 0 aliphatic heterocycles. The molecule has 1 aliphatic carbocycles. The van der Waals surface area contributed by atoms with Gasteiger partial charge in [-0.2, -0.15) is 0 Å². The summed E-state index contributed by atoms with van der Waals surface area (Å²) in [6.45, 7) is 0. The van der Waals surface area contributed by atoms with Crippen molar-refractivity contribution in [2.75, 3.05) is 14.2 Å². The van der Waals surface area contributed by atoms with E-state index in [2.05, 4.69) is 10.0 Å². The number of hydrogen-bond acceptors (Lipinski definition) is 4. The number of sulfonamides is 1. The number of benzene rings is 1. The Morgan fingerprint density at radius 2 is 1.75 bits per heavy atom. The Bertz CT molecular complexity index is 665. The Labute approximate surface area is 144 Å². The molecule has 2 N–H and O–H groups in total. The van der Waals surface area contributed by atoms with E-state index >= 15 is 0 Å². The third-order valence-electron chi connectivity index (χ3n) is 4.38. The molecule has 0 aromatic heterocycles. The lowest BCUT2D eigenvalue weighted by Gasteiger charge is -2.21. The van der Waals surface area contributed by atoms with Crippen LogP contribution in [0.1, 0.15) is 55.3 Å². The molecule has 0 heterocycles. The zero-order chi connectivity index (χ0) is 17.6. The molecule has 0 spiro atoms. The van der Waals surface area contributed by atoms with Crippen LogP contribution < -0.4 is 14.8 Å². The van der Waals surface area contributed by atoms with Gasteiger partial charge in [0.15, 0.2) is 0 Å². The monoisotopic (exact) mass is 354 g/mol. The van der Waals surface area contributed by atoms with Crippen molar-refractivity contribution >= 4 is 15.9 Å². The molecule has 1 saturated carbocycles. The normalized spacial score (nSPS) is 16.9. The fourth-order valence-electron chi connectivity index (χ4n) is 3.03. The van der Waals surface area contributed by atoms with Gasteiger partial charge in [0, 0.05) is 13.1 Å². The van der Waals surface area contributed by atoms with E-state index in [4.69, 9.17) is 4.74 Å². The van der Waals surface area contributed by atoms with Crippen molar-refractivity contribution in [3.05, 3.63) is 23.8 Å². The minimum atomic E-state index is -3.66. The second-order valence-electron chi connectivity index (χ2n) is 6.10. The number of ether oxygens (including phenoxy) is 1. The number of hydrogen-bond donors (Lipinski definition) is 2. The maximum absolute atomic E-state index is 12.7.